The van der Waals surface area contributed by atoms with Gasteiger partial charge in [0.15, 0.2) is 0 Å². The monoisotopic (exact) mass is 361 g/mol. The van der Waals surface area contributed by atoms with Gasteiger partial charge in [0.1, 0.15) is 18.1 Å². The van der Waals surface area contributed by atoms with Crippen LogP contribution in [0.25, 0.3) is 0 Å². The number of methoxy groups -OCH3 is 1. The first-order valence-electron chi connectivity index (χ1n) is 9.34. The summed E-state index contributed by atoms with van der Waals surface area (Å²) in [5, 5.41) is 3.49. The summed E-state index contributed by atoms with van der Waals surface area (Å²) < 4.78 is 11.1. The van der Waals surface area contributed by atoms with Gasteiger partial charge in [0.25, 0.3) is 0 Å². The fraction of sp³-hybridized carbons (Fsp3) is 0.250. The van der Waals surface area contributed by atoms with Gasteiger partial charge in [0.05, 0.1) is 7.11 Å². The summed E-state index contributed by atoms with van der Waals surface area (Å²) in [5.74, 6) is 1.80. The number of aryl methyl sites for hydroxylation is 1. The molecule has 0 aliphatic heterocycles. The lowest BCUT2D eigenvalue weighted by molar-refractivity contribution is 0.305. The molecule has 3 heteroatoms. The molecule has 0 fully saturated rings. The third-order valence-corrected chi connectivity index (χ3v) is 4.66. The van der Waals surface area contributed by atoms with Gasteiger partial charge in [-0.05, 0) is 66.4 Å². The van der Waals surface area contributed by atoms with Gasteiger partial charge in [-0.2, -0.15) is 0 Å². The molecule has 0 atom stereocenters. The zero-order valence-electron chi connectivity index (χ0n) is 16.1. The average molecular weight is 361 g/mol. The molecular weight excluding hydrogens is 334 g/mol. The van der Waals surface area contributed by atoms with E-state index < -0.39 is 0 Å². The molecule has 0 aromatic heterocycles. The van der Waals surface area contributed by atoms with Crippen LogP contribution in [0.4, 0.5) is 0 Å². The predicted molar refractivity (Wildman–Crippen MR) is 110 cm³/mol. The zero-order chi connectivity index (χ0) is 18.9. The Kier molecular flexibility index (Phi) is 6.89. The minimum Gasteiger partial charge on any atom is -0.497 e. The quantitative estimate of drug-likeness (QED) is 0.549. The van der Waals surface area contributed by atoms with Crippen molar-refractivity contribution < 1.29 is 9.47 Å². The summed E-state index contributed by atoms with van der Waals surface area (Å²) in [6, 6.07) is 24.9. The molecule has 0 amide bonds. The Hall–Kier alpha value is -2.78. The molecule has 1 N–H and O–H groups in total. The average Bonchev–Trinajstić information content (AvgIpc) is 2.72. The number of hydrogen-bond acceptors (Lipinski definition) is 3. The second-order valence-electron chi connectivity index (χ2n) is 6.63. The molecule has 0 spiro atoms. The first-order valence-corrected chi connectivity index (χ1v) is 9.34. The van der Waals surface area contributed by atoms with E-state index in [4.69, 9.17) is 9.47 Å². The number of rotatable bonds is 9. The summed E-state index contributed by atoms with van der Waals surface area (Å²) >= 11 is 0. The molecule has 0 radical (unpaired) electrons. The van der Waals surface area contributed by atoms with Gasteiger partial charge in [-0.15, -0.1) is 0 Å². The Morgan fingerprint density at radius 1 is 0.778 bits per heavy atom. The Morgan fingerprint density at radius 2 is 1.44 bits per heavy atom. The summed E-state index contributed by atoms with van der Waals surface area (Å²) in [6.07, 6.45) is 1.00. The van der Waals surface area contributed by atoms with Crippen molar-refractivity contribution in [2.45, 2.75) is 26.5 Å². The normalized spacial score (nSPS) is 10.6. The number of hydrogen-bond donors (Lipinski definition) is 1. The van der Waals surface area contributed by atoms with Gasteiger partial charge < -0.3 is 14.8 Å². The molecule has 3 nitrogen and oxygen atoms in total. The van der Waals surface area contributed by atoms with Crippen LogP contribution >= 0.6 is 0 Å². The summed E-state index contributed by atoms with van der Waals surface area (Å²) in [4.78, 5) is 0. The molecule has 0 bridgehead atoms. The molecule has 0 heterocycles. The van der Waals surface area contributed by atoms with Crippen molar-refractivity contribution in [2.24, 2.45) is 0 Å². The predicted octanol–water partition coefficient (Wildman–Crippen LogP) is 4.91. The number of benzene rings is 3. The van der Waals surface area contributed by atoms with Crippen molar-refractivity contribution >= 4 is 0 Å². The van der Waals surface area contributed by atoms with Crippen LogP contribution in [0.15, 0.2) is 72.8 Å². The minimum atomic E-state index is 0.603. The Labute approximate surface area is 162 Å². The van der Waals surface area contributed by atoms with Crippen LogP contribution in [0.2, 0.25) is 0 Å². The molecule has 0 aliphatic carbocycles. The molecule has 3 aromatic carbocycles. The third-order valence-electron chi connectivity index (χ3n) is 4.66. The fourth-order valence-electron chi connectivity index (χ4n) is 2.89. The molecule has 3 rings (SSSR count). The lowest BCUT2D eigenvalue weighted by atomic mass is 10.1. The minimum absolute atomic E-state index is 0.603. The molecule has 140 valence electrons. The van der Waals surface area contributed by atoms with E-state index in [1.165, 1.54) is 22.3 Å². The van der Waals surface area contributed by atoms with E-state index in [1.54, 1.807) is 7.11 Å². The van der Waals surface area contributed by atoms with Crippen LogP contribution in [-0.4, -0.2) is 13.7 Å². The standard InChI is InChI=1S/C24H27NO2/c1-19-5-3-4-6-22(19)18-27-24-13-9-21(10-14-24)17-25-16-15-20-7-11-23(26-2)12-8-20/h3-14,25H,15-18H2,1-2H3. The van der Waals surface area contributed by atoms with E-state index >= 15 is 0 Å². The van der Waals surface area contributed by atoms with E-state index in [9.17, 15) is 0 Å². The Morgan fingerprint density at radius 3 is 2.15 bits per heavy atom. The van der Waals surface area contributed by atoms with Gasteiger partial charge in [-0.1, -0.05) is 48.5 Å². The molecule has 27 heavy (non-hydrogen) atoms. The zero-order valence-corrected chi connectivity index (χ0v) is 16.1. The van der Waals surface area contributed by atoms with Crippen LogP contribution in [0.5, 0.6) is 11.5 Å². The second-order valence-corrected chi connectivity index (χ2v) is 6.63. The van der Waals surface area contributed by atoms with E-state index in [1.807, 2.05) is 30.3 Å². The maximum absolute atomic E-state index is 5.90. The SMILES string of the molecule is COc1ccc(CCNCc2ccc(OCc3ccccc3C)cc2)cc1. The Bertz CT molecular complexity index is 826. The summed E-state index contributed by atoms with van der Waals surface area (Å²) in [6.45, 7) is 4.51. The third kappa shape index (κ3) is 5.87. The highest BCUT2D eigenvalue weighted by molar-refractivity contribution is 5.30. The summed E-state index contributed by atoms with van der Waals surface area (Å²) in [5.41, 5.74) is 5.05. The van der Waals surface area contributed by atoms with Crippen molar-refractivity contribution in [1.82, 2.24) is 5.32 Å². The smallest absolute Gasteiger partial charge is 0.119 e. The molecule has 0 unspecified atom stereocenters. The van der Waals surface area contributed by atoms with Crippen LogP contribution in [-0.2, 0) is 19.6 Å². The van der Waals surface area contributed by atoms with Crippen LogP contribution in [0, 0.1) is 6.92 Å². The van der Waals surface area contributed by atoms with E-state index in [0.717, 1.165) is 31.0 Å². The van der Waals surface area contributed by atoms with Crippen molar-refractivity contribution in [1.29, 1.82) is 0 Å². The van der Waals surface area contributed by atoms with Gasteiger partial charge in [0, 0.05) is 6.54 Å². The van der Waals surface area contributed by atoms with Crippen LogP contribution < -0.4 is 14.8 Å². The molecular formula is C24H27NO2. The molecule has 0 saturated carbocycles. The molecule has 0 saturated heterocycles. The molecule has 0 aliphatic rings. The van der Waals surface area contributed by atoms with Gasteiger partial charge in [-0.3, -0.25) is 0 Å². The van der Waals surface area contributed by atoms with Crippen molar-refractivity contribution in [3.63, 3.8) is 0 Å². The van der Waals surface area contributed by atoms with E-state index in [-0.39, 0.29) is 0 Å². The summed E-state index contributed by atoms with van der Waals surface area (Å²) in [7, 11) is 1.69. The topological polar surface area (TPSA) is 30.5 Å². The Balaban J connectivity index is 1.40. The first-order chi connectivity index (χ1) is 13.2. The van der Waals surface area contributed by atoms with Crippen molar-refractivity contribution in [2.75, 3.05) is 13.7 Å². The van der Waals surface area contributed by atoms with E-state index in [0.29, 0.717) is 6.61 Å². The highest BCUT2D eigenvalue weighted by atomic mass is 16.5. The number of nitrogens with one attached hydrogen (secondary N) is 1. The van der Waals surface area contributed by atoms with Crippen molar-refractivity contribution in [3.8, 4) is 11.5 Å². The maximum Gasteiger partial charge on any atom is 0.119 e. The fourth-order valence-corrected chi connectivity index (χ4v) is 2.89. The van der Waals surface area contributed by atoms with Gasteiger partial charge in [0.2, 0.25) is 0 Å². The molecule has 3 aromatic rings. The lowest BCUT2D eigenvalue weighted by Crippen LogP contribution is -2.16. The lowest BCUT2D eigenvalue weighted by Gasteiger charge is -2.10. The van der Waals surface area contributed by atoms with Gasteiger partial charge >= 0.3 is 0 Å². The van der Waals surface area contributed by atoms with E-state index in [2.05, 4.69) is 54.7 Å². The van der Waals surface area contributed by atoms with Gasteiger partial charge in [-0.25, -0.2) is 0 Å². The maximum atomic E-state index is 5.90. The largest absolute Gasteiger partial charge is 0.497 e. The number of ether oxygens (including phenoxy) is 2. The second kappa shape index (κ2) is 9.79. The first kappa shape index (κ1) is 19.0. The highest BCUT2D eigenvalue weighted by Crippen LogP contribution is 2.16. The highest BCUT2D eigenvalue weighted by Gasteiger charge is 2.00. The van der Waals surface area contributed by atoms with Crippen molar-refractivity contribution in [3.05, 3.63) is 95.1 Å². The van der Waals surface area contributed by atoms with Crippen LogP contribution in [0.1, 0.15) is 22.3 Å². The van der Waals surface area contributed by atoms with Crippen LogP contribution in [0.3, 0.4) is 0 Å².